The lowest BCUT2D eigenvalue weighted by Crippen LogP contribution is -2.59. The lowest BCUT2D eigenvalue weighted by molar-refractivity contribution is -0.136. The van der Waals surface area contributed by atoms with Crippen molar-refractivity contribution in [3.05, 3.63) is 63.6 Å². The predicted octanol–water partition coefficient (Wildman–Crippen LogP) is 5.64. The minimum absolute atomic E-state index is 0.00334. The van der Waals surface area contributed by atoms with E-state index in [4.69, 9.17) is 23.2 Å². The zero-order chi connectivity index (χ0) is 20.9. The molecule has 1 saturated heterocycles. The van der Waals surface area contributed by atoms with E-state index < -0.39 is 11.5 Å². The van der Waals surface area contributed by atoms with Crippen molar-refractivity contribution in [1.29, 1.82) is 0 Å². The summed E-state index contributed by atoms with van der Waals surface area (Å²) in [5, 5.41) is 7.42. The molecule has 30 heavy (non-hydrogen) atoms. The third kappa shape index (κ3) is 3.04. The second kappa shape index (κ2) is 7.58. The van der Waals surface area contributed by atoms with E-state index in [0.29, 0.717) is 22.4 Å². The number of piperidine rings is 1. The Kier molecular flexibility index (Phi) is 5.03. The second-order valence-electron chi connectivity index (χ2n) is 8.78. The first-order valence-corrected chi connectivity index (χ1v) is 11.4. The standard InChI is InChI=1S/C24H24Cl2N2O2/c25-16-8-4-7-15(11-16)22-24(18-10-9-17(26)12-20(18)27-23(24)30)19(13-21(29)28-22)14-5-2-1-3-6-14/h4,7-12,14,19,22H,1-3,5-6,13H2,(H,27,30)(H,28,29)/t19-,22+,24-/m1/s1. The first-order chi connectivity index (χ1) is 14.5. The van der Waals surface area contributed by atoms with Crippen molar-refractivity contribution in [2.24, 2.45) is 11.8 Å². The molecule has 1 spiro atoms. The Hall–Kier alpha value is -2.04. The number of anilines is 1. The largest absolute Gasteiger partial charge is 0.348 e. The summed E-state index contributed by atoms with van der Waals surface area (Å²) in [4.78, 5) is 26.7. The second-order valence-corrected chi connectivity index (χ2v) is 9.65. The fourth-order valence-electron chi connectivity index (χ4n) is 6.00. The molecule has 4 nitrogen and oxygen atoms in total. The van der Waals surface area contributed by atoms with Gasteiger partial charge < -0.3 is 10.6 Å². The van der Waals surface area contributed by atoms with E-state index in [-0.39, 0.29) is 17.7 Å². The third-order valence-corrected chi connectivity index (χ3v) is 7.67. The van der Waals surface area contributed by atoms with Crippen molar-refractivity contribution < 1.29 is 9.59 Å². The van der Waals surface area contributed by atoms with E-state index in [2.05, 4.69) is 10.6 Å². The Labute approximate surface area is 186 Å². The lowest BCUT2D eigenvalue weighted by atomic mass is 9.56. The number of halogens is 2. The van der Waals surface area contributed by atoms with E-state index in [0.717, 1.165) is 42.5 Å². The SMILES string of the molecule is O=C1C[C@H](C2CCCCC2)[C@@]2(C(=O)Nc3cc(Cl)ccc32)[C@H](c2cccc(Cl)c2)N1. The van der Waals surface area contributed by atoms with E-state index >= 15 is 0 Å². The van der Waals surface area contributed by atoms with E-state index in [1.165, 1.54) is 6.42 Å². The van der Waals surface area contributed by atoms with Gasteiger partial charge in [0.15, 0.2) is 0 Å². The molecular weight excluding hydrogens is 419 g/mol. The molecule has 0 unspecified atom stereocenters. The highest BCUT2D eigenvalue weighted by molar-refractivity contribution is 6.31. The fourth-order valence-corrected chi connectivity index (χ4v) is 6.37. The van der Waals surface area contributed by atoms with Gasteiger partial charge >= 0.3 is 0 Å². The minimum atomic E-state index is -0.874. The van der Waals surface area contributed by atoms with Gasteiger partial charge in [0.2, 0.25) is 11.8 Å². The summed E-state index contributed by atoms with van der Waals surface area (Å²) in [5.74, 6) is 0.202. The molecular formula is C24H24Cl2N2O2. The Balaban J connectivity index is 1.74. The normalized spacial score (nSPS) is 28.9. The number of hydrogen-bond donors (Lipinski definition) is 2. The van der Waals surface area contributed by atoms with Gasteiger partial charge in [0.25, 0.3) is 0 Å². The topological polar surface area (TPSA) is 58.2 Å². The maximum Gasteiger partial charge on any atom is 0.237 e. The van der Waals surface area contributed by atoms with Crippen LogP contribution in [0.1, 0.15) is 55.7 Å². The van der Waals surface area contributed by atoms with Crippen LogP contribution < -0.4 is 10.6 Å². The number of carbonyl (C=O) groups is 2. The molecule has 156 valence electrons. The summed E-state index contributed by atoms with van der Waals surface area (Å²) < 4.78 is 0. The molecule has 0 radical (unpaired) electrons. The highest BCUT2D eigenvalue weighted by atomic mass is 35.5. The van der Waals surface area contributed by atoms with Gasteiger partial charge in [0, 0.05) is 22.2 Å². The average Bonchev–Trinajstić information content (AvgIpc) is 3.01. The number of hydrogen-bond acceptors (Lipinski definition) is 2. The quantitative estimate of drug-likeness (QED) is 0.631. The number of amides is 2. The molecule has 0 aromatic heterocycles. The van der Waals surface area contributed by atoms with Gasteiger partial charge in [-0.1, -0.05) is 73.5 Å². The fraction of sp³-hybridized carbons (Fsp3) is 0.417. The molecule has 6 heteroatoms. The molecule has 0 bridgehead atoms. The van der Waals surface area contributed by atoms with E-state index in [1.807, 2.05) is 42.5 Å². The maximum absolute atomic E-state index is 13.8. The summed E-state index contributed by atoms with van der Waals surface area (Å²) >= 11 is 12.5. The molecule has 5 rings (SSSR count). The van der Waals surface area contributed by atoms with Gasteiger partial charge in [0.1, 0.15) is 5.41 Å². The Morgan fingerprint density at radius 1 is 0.933 bits per heavy atom. The van der Waals surface area contributed by atoms with Gasteiger partial charge in [-0.2, -0.15) is 0 Å². The van der Waals surface area contributed by atoms with Gasteiger partial charge in [-0.25, -0.2) is 0 Å². The van der Waals surface area contributed by atoms with Crippen LogP contribution >= 0.6 is 23.2 Å². The van der Waals surface area contributed by atoms with Crippen LogP contribution in [0.2, 0.25) is 10.0 Å². The minimum Gasteiger partial charge on any atom is -0.348 e. The van der Waals surface area contributed by atoms with Crippen LogP contribution in [-0.4, -0.2) is 11.8 Å². The summed E-state index contributed by atoms with van der Waals surface area (Å²) in [6.45, 7) is 0. The molecule has 1 aliphatic carbocycles. The predicted molar refractivity (Wildman–Crippen MR) is 119 cm³/mol. The van der Waals surface area contributed by atoms with Gasteiger partial charge in [-0.05, 0) is 47.2 Å². The average molecular weight is 443 g/mol. The molecule has 2 fully saturated rings. The van der Waals surface area contributed by atoms with Crippen LogP contribution in [-0.2, 0) is 15.0 Å². The zero-order valence-corrected chi connectivity index (χ0v) is 18.1. The van der Waals surface area contributed by atoms with Crippen molar-refractivity contribution >= 4 is 40.7 Å². The summed E-state index contributed by atoms with van der Waals surface area (Å²) in [7, 11) is 0. The first kappa shape index (κ1) is 19.9. The van der Waals surface area contributed by atoms with Crippen LogP contribution in [0.25, 0.3) is 0 Å². The number of nitrogens with one attached hydrogen (secondary N) is 2. The number of benzene rings is 2. The van der Waals surface area contributed by atoms with Crippen molar-refractivity contribution in [3.63, 3.8) is 0 Å². The Morgan fingerprint density at radius 2 is 1.70 bits per heavy atom. The summed E-state index contributed by atoms with van der Waals surface area (Å²) in [6.07, 6.45) is 5.98. The Morgan fingerprint density at radius 3 is 2.47 bits per heavy atom. The van der Waals surface area contributed by atoms with E-state index in [9.17, 15) is 9.59 Å². The molecule has 2 N–H and O–H groups in total. The highest BCUT2D eigenvalue weighted by Crippen LogP contribution is 2.57. The molecule has 1 saturated carbocycles. The van der Waals surface area contributed by atoms with Crippen LogP contribution in [0.3, 0.4) is 0 Å². The number of carbonyl (C=O) groups excluding carboxylic acids is 2. The zero-order valence-electron chi connectivity index (χ0n) is 16.6. The van der Waals surface area contributed by atoms with Gasteiger partial charge in [0.05, 0.1) is 6.04 Å². The molecule has 2 amide bonds. The van der Waals surface area contributed by atoms with Crippen molar-refractivity contribution in [2.75, 3.05) is 5.32 Å². The Bertz CT molecular complexity index is 1020. The number of rotatable bonds is 2. The molecule has 3 aliphatic rings. The first-order valence-electron chi connectivity index (χ1n) is 10.7. The molecule has 3 atom stereocenters. The highest BCUT2D eigenvalue weighted by Gasteiger charge is 2.62. The molecule has 2 aromatic carbocycles. The van der Waals surface area contributed by atoms with Crippen LogP contribution in [0.15, 0.2) is 42.5 Å². The van der Waals surface area contributed by atoms with Gasteiger partial charge in [-0.15, -0.1) is 0 Å². The smallest absolute Gasteiger partial charge is 0.237 e. The van der Waals surface area contributed by atoms with Crippen molar-refractivity contribution in [1.82, 2.24) is 5.32 Å². The van der Waals surface area contributed by atoms with E-state index in [1.54, 1.807) is 0 Å². The molecule has 2 aromatic rings. The maximum atomic E-state index is 13.8. The van der Waals surface area contributed by atoms with Gasteiger partial charge in [-0.3, -0.25) is 9.59 Å². The van der Waals surface area contributed by atoms with Crippen molar-refractivity contribution in [2.45, 2.75) is 50.0 Å². The van der Waals surface area contributed by atoms with Crippen molar-refractivity contribution in [3.8, 4) is 0 Å². The summed E-state index contributed by atoms with van der Waals surface area (Å²) in [6, 6.07) is 12.6. The van der Waals surface area contributed by atoms with Crippen LogP contribution in [0.5, 0.6) is 0 Å². The third-order valence-electron chi connectivity index (χ3n) is 7.20. The monoisotopic (exact) mass is 442 g/mol. The molecule has 2 aliphatic heterocycles. The lowest BCUT2D eigenvalue weighted by Gasteiger charge is -2.49. The molecule has 2 heterocycles. The van der Waals surface area contributed by atoms with Crippen LogP contribution in [0.4, 0.5) is 5.69 Å². The van der Waals surface area contributed by atoms with Crippen LogP contribution in [0, 0.1) is 11.8 Å². The number of fused-ring (bicyclic) bond motifs is 2. The summed E-state index contributed by atoms with van der Waals surface area (Å²) in [5.41, 5.74) is 1.66.